The van der Waals surface area contributed by atoms with Crippen molar-refractivity contribution in [3.8, 4) is 0 Å². The van der Waals surface area contributed by atoms with Crippen molar-refractivity contribution in [2.45, 2.75) is 26.7 Å². The van der Waals surface area contributed by atoms with Crippen LogP contribution in [0.1, 0.15) is 30.9 Å². The molecule has 0 spiro atoms. The van der Waals surface area contributed by atoms with Crippen LogP contribution in [0.25, 0.3) is 0 Å². The Labute approximate surface area is 120 Å². The lowest BCUT2D eigenvalue weighted by molar-refractivity contribution is 0.517. The van der Waals surface area contributed by atoms with Crippen LogP contribution in [0, 0.1) is 18.7 Å². The Balaban J connectivity index is 2.08. The van der Waals surface area contributed by atoms with Gasteiger partial charge >= 0.3 is 0 Å². The first-order chi connectivity index (χ1) is 9.58. The SMILES string of the molecule is Cc1cc(NCC(c2ccccc2)C(C)C)ccc1F. The molecule has 0 bridgehead atoms. The van der Waals surface area contributed by atoms with Gasteiger partial charge in [-0.05, 0) is 42.2 Å². The first-order valence-corrected chi connectivity index (χ1v) is 7.13. The first-order valence-electron chi connectivity index (χ1n) is 7.13. The fourth-order valence-corrected chi connectivity index (χ4v) is 2.42. The highest BCUT2D eigenvalue weighted by atomic mass is 19.1. The van der Waals surface area contributed by atoms with Gasteiger partial charge in [-0.3, -0.25) is 0 Å². The largest absolute Gasteiger partial charge is 0.384 e. The van der Waals surface area contributed by atoms with Crippen LogP contribution < -0.4 is 5.32 Å². The van der Waals surface area contributed by atoms with E-state index >= 15 is 0 Å². The molecule has 20 heavy (non-hydrogen) atoms. The minimum absolute atomic E-state index is 0.154. The summed E-state index contributed by atoms with van der Waals surface area (Å²) < 4.78 is 13.3. The van der Waals surface area contributed by atoms with Crippen molar-refractivity contribution >= 4 is 5.69 Å². The van der Waals surface area contributed by atoms with Crippen LogP contribution in [0.5, 0.6) is 0 Å². The van der Waals surface area contributed by atoms with Crippen LogP contribution in [-0.2, 0) is 0 Å². The predicted octanol–water partition coefficient (Wildman–Crippen LogP) is 4.99. The maximum atomic E-state index is 13.3. The van der Waals surface area contributed by atoms with Crippen molar-refractivity contribution < 1.29 is 4.39 Å². The highest BCUT2D eigenvalue weighted by Crippen LogP contribution is 2.25. The van der Waals surface area contributed by atoms with Crippen LogP contribution in [0.3, 0.4) is 0 Å². The zero-order valence-corrected chi connectivity index (χ0v) is 12.4. The molecule has 2 rings (SSSR count). The highest BCUT2D eigenvalue weighted by Gasteiger charge is 2.15. The van der Waals surface area contributed by atoms with Gasteiger partial charge in [0.25, 0.3) is 0 Å². The minimum Gasteiger partial charge on any atom is -0.384 e. The van der Waals surface area contributed by atoms with Gasteiger partial charge in [-0.2, -0.15) is 0 Å². The third kappa shape index (κ3) is 3.60. The summed E-state index contributed by atoms with van der Waals surface area (Å²) in [6, 6.07) is 15.7. The Kier molecular flexibility index (Phi) is 4.78. The number of halogens is 1. The number of anilines is 1. The maximum absolute atomic E-state index is 13.3. The number of aryl methyl sites for hydroxylation is 1. The molecule has 1 N–H and O–H groups in total. The molecule has 1 unspecified atom stereocenters. The molecule has 2 heteroatoms. The van der Waals surface area contributed by atoms with Crippen molar-refractivity contribution in [1.29, 1.82) is 0 Å². The lowest BCUT2D eigenvalue weighted by atomic mass is 9.88. The van der Waals surface area contributed by atoms with Gasteiger partial charge < -0.3 is 5.32 Å². The van der Waals surface area contributed by atoms with Gasteiger partial charge in [0, 0.05) is 18.2 Å². The topological polar surface area (TPSA) is 12.0 Å². The molecule has 0 saturated carbocycles. The lowest BCUT2D eigenvalue weighted by Crippen LogP contribution is -2.17. The van der Waals surface area contributed by atoms with E-state index in [4.69, 9.17) is 0 Å². The molecule has 1 nitrogen and oxygen atoms in total. The lowest BCUT2D eigenvalue weighted by Gasteiger charge is -2.22. The quantitative estimate of drug-likeness (QED) is 0.808. The fourth-order valence-electron chi connectivity index (χ4n) is 2.42. The highest BCUT2D eigenvalue weighted by molar-refractivity contribution is 5.46. The third-order valence-corrected chi connectivity index (χ3v) is 3.72. The normalized spacial score (nSPS) is 12.4. The summed E-state index contributed by atoms with van der Waals surface area (Å²) in [6.07, 6.45) is 0. The second-order valence-corrected chi connectivity index (χ2v) is 5.61. The van der Waals surface area contributed by atoms with E-state index in [-0.39, 0.29) is 5.82 Å². The van der Waals surface area contributed by atoms with Crippen molar-refractivity contribution in [1.82, 2.24) is 0 Å². The zero-order valence-electron chi connectivity index (χ0n) is 12.4. The van der Waals surface area contributed by atoms with Crippen LogP contribution in [0.15, 0.2) is 48.5 Å². The van der Waals surface area contributed by atoms with Crippen LogP contribution in [0.4, 0.5) is 10.1 Å². The molecule has 0 aliphatic carbocycles. The molecule has 1 atom stereocenters. The van der Waals surface area contributed by atoms with Crippen LogP contribution >= 0.6 is 0 Å². The Bertz CT molecular complexity index is 549. The summed E-state index contributed by atoms with van der Waals surface area (Å²) >= 11 is 0. The molecule has 0 aliphatic rings. The molecule has 0 radical (unpaired) electrons. The number of rotatable bonds is 5. The van der Waals surface area contributed by atoms with Crippen LogP contribution in [0.2, 0.25) is 0 Å². The monoisotopic (exact) mass is 271 g/mol. The molecule has 0 amide bonds. The standard InChI is InChI=1S/C18H22FN/c1-13(2)17(15-7-5-4-6-8-15)12-20-16-9-10-18(19)14(3)11-16/h4-11,13,17,20H,12H2,1-3H3. The van der Waals surface area contributed by atoms with Gasteiger partial charge in [-0.25, -0.2) is 4.39 Å². The van der Waals surface area contributed by atoms with Gasteiger partial charge in [-0.1, -0.05) is 44.2 Å². The Morgan fingerprint density at radius 1 is 1.05 bits per heavy atom. The van der Waals surface area contributed by atoms with E-state index in [0.29, 0.717) is 17.4 Å². The average molecular weight is 271 g/mol. The molecule has 2 aromatic carbocycles. The van der Waals surface area contributed by atoms with E-state index in [1.807, 2.05) is 12.1 Å². The number of benzene rings is 2. The number of hydrogen-bond donors (Lipinski definition) is 1. The van der Waals surface area contributed by atoms with Crippen LogP contribution in [-0.4, -0.2) is 6.54 Å². The Morgan fingerprint density at radius 3 is 2.35 bits per heavy atom. The summed E-state index contributed by atoms with van der Waals surface area (Å²) in [5.74, 6) is 0.840. The maximum Gasteiger partial charge on any atom is 0.126 e. The smallest absolute Gasteiger partial charge is 0.126 e. The molecule has 0 saturated heterocycles. The fraction of sp³-hybridized carbons (Fsp3) is 0.333. The molecular weight excluding hydrogens is 249 g/mol. The Hall–Kier alpha value is -1.83. The molecule has 0 aromatic heterocycles. The third-order valence-electron chi connectivity index (χ3n) is 3.72. The summed E-state index contributed by atoms with van der Waals surface area (Å²) in [5, 5.41) is 3.43. The predicted molar refractivity (Wildman–Crippen MR) is 83.6 cm³/mol. The summed E-state index contributed by atoms with van der Waals surface area (Å²) in [4.78, 5) is 0. The zero-order chi connectivity index (χ0) is 14.5. The van der Waals surface area contributed by atoms with Crippen molar-refractivity contribution in [3.05, 3.63) is 65.5 Å². The second kappa shape index (κ2) is 6.56. The second-order valence-electron chi connectivity index (χ2n) is 5.61. The average Bonchev–Trinajstić information content (AvgIpc) is 2.44. The van der Waals surface area contributed by atoms with E-state index < -0.39 is 0 Å². The van der Waals surface area contributed by atoms with E-state index in [2.05, 4.69) is 43.4 Å². The molecule has 0 heterocycles. The minimum atomic E-state index is -0.154. The van der Waals surface area contributed by atoms with E-state index in [9.17, 15) is 4.39 Å². The number of nitrogens with one attached hydrogen (secondary N) is 1. The first kappa shape index (κ1) is 14.6. The van der Waals surface area contributed by atoms with Gasteiger partial charge in [-0.15, -0.1) is 0 Å². The molecule has 0 fully saturated rings. The Morgan fingerprint density at radius 2 is 1.75 bits per heavy atom. The van der Waals surface area contributed by atoms with E-state index in [0.717, 1.165) is 12.2 Å². The van der Waals surface area contributed by atoms with Gasteiger partial charge in [0.05, 0.1) is 0 Å². The van der Waals surface area contributed by atoms with Crippen molar-refractivity contribution in [2.24, 2.45) is 5.92 Å². The van der Waals surface area contributed by atoms with E-state index in [1.165, 1.54) is 11.6 Å². The van der Waals surface area contributed by atoms with Crippen molar-refractivity contribution in [2.75, 3.05) is 11.9 Å². The summed E-state index contributed by atoms with van der Waals surface area (Å²) in [6.45, 7) is 7.11. The molecular formula is C18H22FN. The van der Waals surface area contributed by atoms with Gasteiger partial charge in [0.1, 0.15) is 5.82 Å². The molecule has 2 aromatic rings. The van der Waals surface area contributed by atoms with Crippen molar-refractivity contribution in [3.63, 3.8) is 0 Å². The molecule has 106 valence electrons. The molecule has 0 aliphatic heterocycles. The number of hydrogen-bond acceptors (Lipinski definition) is 1. The summed E-state index contributed by atoms with van der Waals surface area (Å²) in [7, 11) is 0. The summed E-state index contributed by atoms with van der Waals surface area (Å²) in [5.41, 5.74) is 3.00. The van der Waals surface area contributed by atoms with Gasteiger partial charge in [0.15, 0.2) is 0 Å². The van der Waals surface area contributed by atoms with E-state index in [1.54, 1.807) is 13.0 Å². The van der Waals surface area contributed by atoms with Gasteiger partial charge in [0.2, 0.25) is 0 Å².